The van der Waals surface area contributed by atoms with Crippen LogP contribution in [0.15, 0.2) is 46.9 Å². The Bertz CT molecular complexity index is 1150. The summed E-state index contributed by atoms with van der Waals surface area (Å²) >= 11 is 15.5. The highest BCUT2D eigenvalue weighted by Gasteiger charge is 2.31. The standard InChI is InChI=1S/C23H28BrCl2N3O4S/c1-15(22(31)27-23(2,3)4)28(13-16-6-11-19(25)20(26)12-16)21(30)14-29(34(5,32)33)18-9-7-17(24)8-10-18/h6-12,15H,13-14H2,1-5H3,(H,27,31). The topological polar surface area (TPSA) is 86.8 Å². The van der Waals surface area contributed by atoms with Gasteiger partial charge in [0, 0.05) is 16.6 Å². The highest BCUT2D eigenvalue weighted by molar-refractivity contribution is 9.10. The van der Waals surface area contributed by atoms with Gasteiger partial charge in [-0.1, -0.05) is 45.2 Å². The summed E-state index contributed by atoms with van der Waals surface area (Å²) in [4.78, 5) is 27.7. The number of hydrogen-bond acceptors (Lipinski definition) is 4. The number of benzene rings is 2. The number of halogens is 3. The van der Waals surface area contributed by atoms with Gasteiger partial charge in [0.2, 0.25) is 21.8 Å². The summed E-state index contributed by atoms with van der Waals surface area (Å²) in [5.74, 6) is -0.911. The lowest BCUT2D eigenvalue weighted by molar-refractivity contribution is -0.140. The molecule has 0 saturated heterocycles. The number of sulfonamides is 1. The van der Waals surface area contributed by atoms with E-state index in [0.29, 0.717) is 21.3 Å². The van der Waals surface area contributed by atoms with Gasteiger partial charge >= 0.3 is 0 Å². The molecule has 0 heterocycles. The van der Waals surface area contributed by atoms with Crippen molar-refractivity contribution in [2.75, 3.05) is 17.1 Å². The summed E-state index contributed by atoms with van der Waals surface area (Å²) in [6.07, 6.45) is 1.03. The molecule has 7 nitrogen and oxygen atoms in total. The summed E-state index contributed by atoms with van der Waals surface area (Å²) in [5.41, 5.74) is 0.466. The highest BCUT2D eigenvalue weighted by Crippen LogP contribution is 2.25. The number of carbonyl (C=O) groups is 2. The Morgan fingerprint density at radius 2 is 1.65 bits per heavy atom. The SMILES string of the molecule is CC(C(=O)NC(C)(C)C)N(Cc1ccc(Cl)c(Cl)c1)C(=O)CN(c1ccc(Br)cc1)S(C)(=O)=O. The van der Waals surface area contributed by atoms with Crippen LogP contribution in [0.4, 0.5) is 5.69 Å². The average molecular weight is 593 g/mol. The Hall–Kier alpha value is -1.81. The van der Waals surface area contributed by atoms with E-state index >= 15 is 0 Å². The van der Waals surface area contributed by atoms with Crippen molar-refractivity contribution in [2.24, 2.45) is 0 Å². The molecule has 0 spiro atoms. The van der Waals surface area contributed by atoms with Crippen molar-refractivity contribution in [1.82, 2.24) is 10.2 Å². The van der Waals surface area contributed by atoms with Crippen molar-refractivity contribution in [3.05, 3.63) is 62.5 Å². The fourth-order valence-electron chi connectivity index (χ4n) is 3.11. The van der Waals surface area contributed by atoms with Crippen LogP contribution in [0.25, 0.3) is 0 Å². The van der Waals surface area contributed by atoms with Crippen molar-refractivity contribution in [2.45, 2.75) is 45.8 Å². The number of nitrogens with one attached hydrogen (secondary N) is 1. The fourth-order valence-corrected chi connectivity index (χ4v) is 4.55. The van der Waals surface area contributed by atoms with Gasteiger partial charge in [-0.05, 0) is 69.7 Å². The molecule has 2 rings (SSSR count). The Morgan fingerprint density at radius 3 is 2.15 bits per heavy atom. The molecule has 0 saturated carbocycles. The molecule has 2 aromatic rings. The number of rotatable bonds is 8. The van der Waals surface area contributed by atoms with Gasteiger partial charge in [-0.2, -0.15) is 0 Å². The van der Waals surface area contributed by atoms with E-state index in [9.17, 15) is 18.0 Å². The molecule has 0 fully saturated rings. The fraction of sp³-hybridized carbons (Fsp3) is 0.391. The van der Waals surface area contributed by atoms with Crippen LogP contribution >= 0.6 is 39.1 Å². The quantitative estimate of drug-likeness (QED) is 0.474. The second kappa shape index (κ2) is 11.3. The van der Waals surface area contributed by atoms with Crippen LogP contribution < -0.4 is 9.62 Å². The molecule has 1 atom stereocenters. The Balaban J connectivity index is 2.42. The third kappa shape index (κ3) is 8.15. The number of carbonyl (C=O) groups excluding carboxylic acids is 2. The van der Waals surface area contributed by atoms with Crippen LogP contribution in [0.1, 0.15) is 33.3 Å². The average Bonchev–Trinajstić information content (AvgIpc) is 2.71. The van der Waals surface area contributed by atoms with E-state index < -0.39 is 34.1 Å². The van der Waals surface area contributed by atoms with Crippen molar-refractivity contribution >= 4 is 66.7 Å². The Kier molecular flexibility index (Phi) is 9.44. The minimum Gasteiger partial charge on any atom is -0.350 e. The molecule has 186 valence electrons. The van der Waals surface area contributed by atoms with Gasteiger partial charge in [-0.15, -0.1) is 0 Å². The maximum absolute atomic E-state index is 13.5. The predicted molar refractivity (Wildman–Crippen MR) is 141 cm³/mol. The van der Waals surface area contributed by atoms with Crippen LogP contribution in [0, 0.1) is 0 Å². The Labute approximate surface area is 219 Å². The number of nitrogens with zero attached hydrogens (tertiary/aromatic N) is 2. The lowest BCUT2D eigenvalue weighted by Crippen LogP contribution is -2.54. The first-order valence-corrected chi connectivity index (χ1v) is 13.8. The molecule has 0 aliphatic carbocycles. The van der Waals surface area contributed by atoms with Gasteiger partial charge in [0.1, 0.15) is 12.6 Å². The molecule has 0 aromatic heterocycles. The van der Waals surface area contributed by atoms with Crippen molar-refractivity contribution in [3.8, 4) is 0 Å². The lowest BCUT2D eigenvalue weighted by atomic mass is 10.1. The molecule has 0 bridgehead atoms. The molecule has 11 heteroatoms. The molecule has 2 aromatic carbocycles. The molecule has 0 aliphatic heterocycles. The first-order valence-electron chi connectivity index (χ1n) is 10.4. The molecular formula is C23H28BrCl2N3O4S. The molecule has 0 aliphatic rings. The minimum absolute atomic E-state index is 0.0341. The van der Waals surface area contributed by atoms with Gasteiger partial charge < -0.3 is 10.2 Å². The Morgan fingerprint density at radius 1 is 1.06 bits per heavy atom. The molecule has 34 heavy (non-hydrogen) atoms. The highest BCUT2D eigenvalue weighted by atomic mass is 79.9. The third-order valence-corrected chi connectivity index (χ3v) is 7.20. The van der Waals surface area contributed by atoms with Gasteiger partial charge in [-0.3, -0.25) is 13.9 Å². The van der Waals surface area contributed by atoms with E-state index in [-0.39, 0.29) is 12.5 Å². The second-order valence-corrected chi connectivity index (χ2v) is 12.6. The monoisotopic (exact) mass is 591 g/mol. The van der Waals surface area contributed by atoms with E-state index in [0.717, 1.165) is 15.0 Å². The van der Waals surface area contributed by atoms with E-state index in [1.807, 2.05) is 20.8 Å². The van der Waals surface area contributed by atoms with Crippen molar-refractivity contribution < 1.29 is 18.0 Å². The third-order valence-electron chi connectivity index (χ3n) is 4.80. The maximum Gasteiger partial charge on any atom is 0.244 e. The molecule has 0 radical (unpaired) electrons. The van der Waals surface area contributed by atoms with Gasteiger partial charge in [0.05, 0.1) is 22.0 Å². The minimum atomic E-state index is -3.79. The van der Waals surface area contributed by atoms with Crippen molar-refractivity contribution in [3.63, 3.8) is 0 Å². The summed E-state index contributed by atoms with van der Waals surface area (Å²) in [7, 11) is -3.79. The lowest BCUT2D eigenvalue weighted by Gasteiger charge is -2.33. The molecular weight excluding hydrogens is 565 g/mol. The van der Waals surface area contributed by atoms with E-state index in [1.165, 1.54) is 4.90 Å². The van der Waals surface area contributed by atoms with E-state index in [1.54, 1.807) is 49.4 Å². The smallest absolute Gasteiger partial charge is 0.244 e. The normalized spacial score (nSPS) is 12.7. The summed E-state index contributed by atoms with van der Waals surface area (Å²) in [6.45, 7) is 6.66. The van der Waals surface area contributed by atoms with Gasteiger partial charge in [0.15, 0.2) is 0 Å². The predicted octanol–water partition coefficient (Wildman–Crippen LogP) is 4.85. The first-order chi connectivity index (χ1) is 15.6. The zero-order valence-electron chi connectivity index (χ0n) is 19.6. The first kappa shape index (κ1) is 28.4. The van der Waals surface area contributed by atoms with Crippen LogP contribution in [-0.4, -0.2) is 49.5 Å². The number of amides is 2. The molecule has 1 N–H and O–H groups in total. The largest absolute Gasteiger partial charge is 0.350 e. The summed E-state index contributed by atoms with van der Waals surface area (Å²) in [5, 5.41) is 3.54. The van der Waals surface area contributed by atoms with Crippen LogP contribution in [0.3, 0.4) is 0 Å². The summed E-state index contributed by atoms with van der Waals surface area (Å²) < 4.78 is 26.9. The number of anilines is 1. The van der Waals surface area contributed by atoms with Crippen LogP contribution in [-0.2, 0) is 26.2 Å². The van der Waals surface area contributed by atoms with Crippen LogP contribution in [0.5, 0.6) is 0 Å². The van der Waals surface area contributed by atoms with E-state index in [2.05, 4.69) is 21.2 Å². The van der Waals surface area contributed by atoms with E-state index in [4.69, 9.17) is 23.2 Å². The van der Waals surface area contributed by atoms with Crippen LogP contribution in [0.2, 0.25) is 10.0 Å². The summed E-state index contributed by atoms with van der Waals surface area (Å²) in [6, 6.07) is 10.6. The number of hydrogen-bond donors (Lipinski definition) is 1. The molecule has 1 unspecified atom stereocenters. The zero-order chi connectivity index (χ0) is 25.8. The van der Waals surface area contributed by atoms with Gasteiger partial charge in [-0.25, -0.2) is 8.42 Å². The van der Waals surface area contributed by atoms with Crippen molar-refractivity contribution in [1.29, 1.82) is 0 Å². The van der Waals surface area contributed by atoms with Gasteiger partial charge in [0.25, 0.3) is 0 Å². The molecule has 2 amide bonds. The maximum atomic E-state index is 13.5. The zero-order valence-corrected chi connectivity index (χ0v) is 23.5. The second-order valence-electron chi connectivity index (χ2n) is 8.93.